The lowest BCUT2D eigenvalue weighted by Crippen LogP contribution is -2.46. The molecule has 0 unspecified atom stereocenters. The summed E-state index contributed by atoms with van der Waals surface area (Å²) in [5, 5.41) is 6.19. The van der Waals surface area contributed by atoms with E-state index in [0.29, 0.717) is 18.5 Å². The number of pyridine rings is 1. The molecule has 114 valence electrons. The van der Waals surface area contributed by atoms with E-state index in [9.17, 15) is 14.4 Å². The predicted octanol–water partition coefficient (Wildman–Crippen LogP) is 0.927. The molecule has 3 rings (SSSR count). The van der Waals surface area contributed by atoms with Crippen molar-refractivity contribution in [2.24, 2.45) is 0 Å². The molecule has 0 radical (unpaired) electrons. The van der Waals surface area contributed by atoms with Crippen LogP contribution in [0.3, 0.4) is 0 Å². The Labute approximate surface area is 126 Å². The van der Waals surface area contributed by atoms with Gasteiger partial charge in [0.15, 0.2) is 0 Å². The fraction of sp³-hybridized carbons (Fsp3) is 0.312. The molecule has 1 aliphatic rings. The van der Waals surface area contributed by atoms with Crippen LogP contribution in [-0.4, -0.2) is 29.4 Å². The molecule has 6 heteroatoms. The van der Waals surface area contributed by atoms with Gasteiger partial charge in [0.1, 0.15) is 11.6 Å². The zero-order chi connectivity index (χ0) is 15.5. The minimum Gasteiger partial charge on any atom is -0.354 e. The molecule has 3 N–H and O–H groups in total. The monoisotopic (exact) mass is 299 g/mol. The van der Waals surface area contributed by atoms with Gasteiger partial charge >= 0.3 is 0 Å². The topological polar surface area (TPSA) is 91.1 Å². The maximum Gasteiger partial charge on any atom is 0.261 e. The molecule has 0 bridgehead atoms. The van der Waals surface area contributed by atoms with Crippen LogP contribution in [0.4, 0.5) is 0 Å². The van der Waals surface area contributed by atoms with Crippen molar-refractivity contribution in [3.63, 3.8) is 0 Å². The number of aromatic amines is 1. The van der Waals surface area contributed by atoms with E-state index in [-0.39, 0.29) is 11.5 Å². The van der Waals surface area contributed by atoms with Crippen molar-refractivity contribution in [1.29, 1.82) is 0 Å². The van der Waals surface area contributed by atoms with Crippen molar-refractivity contribution < 1.29 is 9.59 Å². The van der Waals surface area contributed by atoms with Gasteiger partial charge in [0.25, 0.3) is 11.5 Å². The second-order valence-corrected chi connectivity index (χ2v) is 5.41. The zero-order valence-electron chi connectivity index (χ0n) is 12.0. The van der Waals surface area contributed by atoms with Crippen LogP contribution >= 0.6 is 0 Å². The number of carbonyl (C=O) groups excluding carboxylic acids is 2. The average molecular weight is 299 g/mol. The standard InChI is InChI=1S/C16H17N3O3/c20-14-11(9-10-5-1-2-6-12(10)18-14)15(21)19-13-7-3-4-8-17-16(13)22/h1-2,5-6,9,13H,3-4,7-8H2,(H,17,22)(H,18,20)(H,19,21)/t13-/m0/s1. The Morgan fingerprint density at radius 1 is 1.18 bits per heavy atom. The number of benzene rings is 1. The molecular formula is C16H17N3O3. The molecule has 1 atom stereocenters. The van der Waals surface area contributed by atoms with Crippen molar-refractivity contribution in [2.45, 2.75) is 25.3 Å². The maximum atomic E-state index is 12.3. The lowest BCUT2D eigenvalue weighted by Gasteiger charge is -2.15. The highest BCUT2D eigenvalue weighted by molar-refractivity contribution is 5.99. The second kappa shape index (κ2) is 6.01. The largest absolute Gasteiger partial charge is 0.354 e. The van der Waals surface area contributed by atoms with Gasteiger partial charge < -0.3 is 15.6 Å². The lowest BCUT2D eigenvalue weighted by atomic mass is 10.1. The number of fused-ring (bicyclic) bond motifs is 1. The van der Waals surface area contributed by atoms with Gasteiger partial charge in [-0.15, -0.1) is 0 Å². The number of hydrogen-bond acceptors (Lipinski definition) is 3. The van der Waals surface area contributed by atoms with Crippen LogP contribution in [0.5, 0.6) is 0 Å². The second-order valence-electron chi connectivity index (χ2n) is 5.41. The van der Waals surface area contributed by atoms with E-state index in [1.54, 1.807) is 12.1 Å². The highest BCUT2D eigenvalue weighted by atomic mass is 16.2. The molecule has 2 aromatic rings. The highest BCUT2D eigenvalue weighted by Gasteiger charge is 2.24. The summed E-state index contributed by atoms with van der Waals surface area (Å²) in [6, 6.07) is 8.21. The Morgan fingerprint density at radius 3 is 2.86 bits per heavy atom. The first-order valence-electron chi connectivity index (χ1n) is 7.36. The number of rotatable bonds is 2. The third-order valence-corrected chi connectivity index (χ3v) is 3.84. The van der Waals surface area contributed by atoms with E-state index in [1.165, 1.54) is 0 Å². The van der Waals surface area contributed by atoms with Crippen molar-refractivity contribution in [2.75, 3.05) is 6.54 Å². The van der Waals surface area contributed by atoms with E-state index in [1.807, 2.05) is 18.2 Å². The molecule has 1 fully saturated rings. The number of amides is 2. The first-order chi connectivity index (χ1) is 10.6. The summed E-state index contributed by atoms with van der Waals surface area (Å²) in [6.45, 7) is 0.627. The Balaban J connectivity index is 1.87. The predicted molar refractivity (Wildman–Crippen MR) is 82.7 cm³/mol. The summed E-state index contributed by atoms with van der Waals surface area (Å²) in [7, 11) is 0. The number of H-pyrrole nitrogens is 1. The number of para-hydroxylation sites is 1. The molecular weight excluding hydrogens is 282 g/mol. The lowest BCUT2D eigenvalue weighted by molar-refractivity contribution is -0.122. The van der Waals surface area contributed by atoms with Gasteiger partial charge in [-0.05, 0) is 36.8 Å². The molecule has 0 aliphatic carbocycles. The molecule has 1 aromatic carbocycles. The first kappa shape index (κ1) is 14.3. The fourth-order valence-electron chi connectivity index (χ4n) is 2.63. The van der Waals surface area contributed by atoms with Crippen LogP contribution in [0, 0.1) is 0 Å². The maximum absolute atomic E-state index is 12.3. The summed E-state index contributed by atoms with van der Waals surface area (Å²) < 4.78 is 0. The van der Waals surface area contributed by atoms with Gasteiger partial charge in [-0.1, -0.05) is 18.2 Å². The molecule has 1 aliphatic heterocycles. The SMILES string of the molecule is O=C(N[C@H]1CCCCNC1=O)c1cc2ccccc2[nH]c1=O. The van der Waals surface area contributed by atoms with Crippen LogP contribution in [-0.2, 0) is 4.79 Å². The summed E-state index contributed by atoms with van der Waals surface area (Å²) in [6.07, 6.45) is 2.34. The molecule has 6 nitrogen and oxygen atoms in total. The van der Waals surface area contributed by atoms with E-state index in [2.05, 4.69) is 15.6 Å². The Morgan fingerprint density at radius 2 is 2.00 bits per heavy atom. The highest BCUT2D eigenvalue weighted by Crippen LogP contribution is 2.11. The van der Waals surface area contributed by atoms with Gasteiger partial charge in [0.2, 0.25) is 5.91 Å². The van der Waals surface area contributed by atoms with Crippen LogP contribution in [0.1, 0.15) is 29.6 Å². The number of hydrogen-bond donors (Lipinski definition) is 3. The van der Waals surface area contributed by atoms with E-state index in [4.69, 9.17) is 0 Å². The Hall–Kier alpha value is -2.63. The smallest absolute Gasteiger partial charge is 0.261 e. The molecule has 2 amide bonds. The zero-order valence-corrected chi connectivity index (χ0v) is 12.0. The van der Waals surface area contributed by atoms with Crippen LogP contribution in [0.15, 0.2) is 35.1 Å². The van der Waals surface area contributed by atoms with Crippen LogP contribution < -0.4 is 16.2 Å². The number of aromatic nitrogens is 1. The minimum atomic E-state index is -0.583. The molecule has 1 aromatic heterocycles. The number of carbonyl (C=O) groups is 2. The van der Waals surface area contributed by atoms with Gasteiger partial charge in [0, 0.05) is 12.1 Å². The fourth-order valence-corrected chi connectivity index (χ4v) is 2.63. The first-order valence-corrected chi connectivity index (χ1v) is 7.36. The van der Waals surface area contributed by atoms with E-state index in [0.717, 1.165) is 18.2 Å². The third kappa shape index (κ3) is 2.86. The van der Waals surface area contributed by atoms with Crippen molar-refractivity contribution in [3.05, 3.63) is 46.2 Å². The molecule has 2 heterocycles. The molecule has 22 heavy (non-hydrogen) atoms. The van der Waals surface area contributed by atoms with Crippen molar-refractivity contribution >= 4 is 22.7 Å². The Kier molecular flexibility index (Phi) is 3.91. The van der Waals surface area contributed by atoms with Gasteiger partial charge in [-0.25, -0.2) is 0 Å². The van der Waals surface area contributed by atoms with Crippen molar-refractivity contribution in [3.8, 4) is 0 Å². The normalized spacial score (nSPS) is 18.5. The van der Waals surface area contributed by atoms with Crippen LogP contribution in [0.25, 0.3) is 10.9 Å². The quantitative estimate of drug-likeness (QED) is 0.770. The van der Waals surface area contributed by atoms with E-state index >= 15 is 0 Å². The molecule has 0 spiro atoms. The summed E-state index contributed by atoms with van der Waals surface area (Å²) in [5.74, 6) is -0.711. The van der Waals surface area contributed by atoms with Gasteiger partial charge in [-0.2, -0.15) is 0 Å². The number of nitrogens with one attached hydrogen (secondary N) is 3. The average Bonchev–Trinajstić information content (AvgIpc) is 2.71. The summed E-state index contributed by atoms with van der Waals surface area (Å²) in [5.41, 5.74) is 0.247. The Bertz CT molecular complexity index is 782. The molecule has 0 saturated carbocycles. The third-order valence-electron chi connectivity index (χ3n) is 3.84. The van der Waals surface area contributed by atoms with Crippen LogP contribution in [0.2, 0.25) is 0 Å². The van der Waals surface area contributed by atoms with Gasteiger partial charge in [0.05, 0.1) is 0 Å². The minimum absolute atomic E-state index is 0.0238. The van der Waals surface area contributed by atoms with Crippen molar-refractivity contribution in [1.82, 2.24) is 15.6 Å². The summed E-state index contributed by atoms with van der Waals surface area (Å²) in [4.78, 5) is 38.9. The molecule has 1 saturated heterocycles. The summed E-state index contributed by atoms with van der Waals surface area (Å²) >= 11 is 0. The van der Waals surface area contributed by atoms with E-state index < -0.39 is 17.5 Å². The van der Waals surface area contributed by atoms with Gasteiger partial charge in [-0.3, -0.25) is 14.4 Å².